The van der Waals surface area contributed by atoms with Crippen molar-refractivity contribution in [3.05, 3.63) is 24.3 Å². The number of aliphatic hydroxyl groups is 1. The number of anilines is 2. The van der Waals surface area contributed by atoms with E-state index in [4.69, 9.17) is 16.6 Å². The van der Waals surface area contributed by atoms with Crippen LogP contribution in [-0.4, -0.2) is 12.2 Å². The summed E-state index contributed by atoms with van der Waals surface area (Å²) in [7, 11) is 1.00. The molecule has 56 valence electrons. The second kappa shape index (κ2) is 4.64. The zero-order valence-electron chi connectivity index (χ0n) is 5.91. The van der Waals surface area contributed by atoms with Crippen molar-refractivity contribution < 1.29 is 5.11 Å². The van der Waals surface area contributed by atoms with Crippen LogP contribution in [0.3, 0.4) is 0 Å². The van der Waals surface area contributed by atoms with E-state index in [0.717, 1.165) is 18.5 Å². The SMILES string of the molecule is CO.Nc1ccc(N)cc1. The highest BCUT2D eigenvalue weighted by atomic mass is 16.2. The summed E-state index contributed by atoms with van der Waals surface area (Å²) in [6.07, 6.45) is 0. The molecule has 0 aromatic heterocycles. The second-order valence-corrected chi connectivity index (χ2v) is 1.67. The van der Waals surface area contributed by atoms with Gasteiger partial charge in [-0.05, 0) is 24.3 Å². The minimum absolute atomic E-state index is 0.749. The molecule has 0 saturated heterocycles. The molecule has 1 rings (SSSR count). The number of hydrogen-bond acceptors (Lipinski definition) is 3. The van der Waals surface area contributed by atoms with Crippen LogP contribution in [-0.2, 0) is 0 Å². The second-order valence-electron chi connectivity index (χ2n) is 1.67. The summed E-state index contributed by atoms with van der Waals surface area (Å²) < 4.78 is 0. The van der Waals surface area contributed by atoms with Gasteiger partial charge in [-0.25, -0.2) is 0 Å². The number of nitrogen functional groups attached to an aromatic ring is 2. The standard InChI is InChI=1S/C6H8N2.CH4O/c7-5-1-2-6(8)4-3-5;1-2/h1-4H,7-8H2;2H,1H3. The van der Waals surface area contributed by atoms with E-state index in [0.29, 0.717) is 0 Å². The minimum atomic E-state index is 0.749. The molecule has 0 atom stereocenters. The Bertz CT molecular complexity index is 150. The lowest BCUT2D eigenvalue weighted by Gasteiger charge is -1.90. The van der Waals surface area contributed by atoms with Crippen LogP contribution in [0.2, 0.25) is 0 Å². The van der Waals surface area contributed by atoms with Crippen molar-refractivity contribution in [3.63, 3.8) is 0 Å². The third kappa shape index (κ3) is 2.94. The molecule has 3 nitrogen and oxygen atoms in total. The third-order valence-corrected chi connectivity index (χ3v) is 0.936. The maximum absolute atomic E-state index is 7.00. The first-order valence-electron chi connectivity index (χ1n) is 2.85. The number of hydrogen-bond donors (Lipinski definition) is 3. The molecule has 0 unspecified atom stereocenters. The van der Waals surface area contributed by atoms with Crippen LogP contribution in [0.1, 0.15) is 0 Å². The molecular weight excluding hydrogens is 128 g/mol. The van der Waals surface area contributed by atoms with Gasteiger partial charge in [0.05, 0.1) is 0 Å². The monoisotopic (exact) mass is 140 g/mol. The van der Waals surface area contributed by atoms with E-state index in [1.165, 1.54) is 0 Å². The van der Waals surface area contributed by atoms with Crippen molar-refractivity contribution in [2.24, 2.45) is 0 Å². The third-order valence-electron chi connectivity index (χ3n) is 0.936. The van der Waals surface area contributed by atoms with E-state index in [-0.39, 0.29) is 0 Å². The van der Waals surface area contributed by atoms with E-state index in [1.807, 2.05) is 0 Å². The normalized spacial score (nSPS) is 7.80. The molecule has 0 saturated carbocycles. The zero-order chi connectivity index (χ0) is 7.98. The fourth-order valence-corrected chi connectivity index (χ4v) is 0.496. The summed E-state index contributed by atoms with van der Waals surface area (Å²) in [4.78, 5) is 0. The van der Waals surface area contributed by atoms with Crippen LogP contribution >= 0.6 is 0 Å². The molecule has 0 radical (unpaired) electrons. The van der Waals surface area contributed by atoms with E-state index < -0.39 is 0 Å². The van der Waals surface area contributed by atoms with Gasteiger partial charge >= 0.3 is 0 Å². The minimum Gasteiger partial charge on any atom is -0.400 e. The van der Waals surface area contributed by atoms with E-state index >= 15 is 0 Å². The zero-order valence-corrected chi connectivity index (χ0v) is 5.91. The molecule has 3 heteroatoms. The lowest BCUT2D eigenvalue weighted by Crippen LogP contribution is -1.86. The first-order chi connectivity index (χ1) is 4.79. The van der Waals surface area contributed by atoms with Crippen molar-refractivity contribution in [1.29, 1.82) is 0 Å². The van der Waals surface area contributed by atoms with Crippen molar-refractivity contribution in [3.8, 4) is 0 Å². The number of aliphatic hydroxyl groups excluding tert-OH is 1. The van der Waals surface area contributed by atoms with Crippen molar-refractivity contribution in [2.45, 2.75) is 0 Å². The Morgan fingerprint density at radius 3 is 1.30 bits per heavy atom. The number of nitrogens with two attached hydrogens (primary N) is 2. The van der Waals surface area contributed by atoms with Gasteiger partial charge in [-0.2, -0.15) is 0 Å². The predicted octanol–water partition coefficient (Wildman–Crippen LogP) is 0.459. The van der Waals surface area contributed by atoms with Crippen LogP contribution in [0, 0.1) is 0 Å². The van der Waals surface area contributed by atoms with E-state index in [2.05, 4.69) is 0 Å². The van der Waals surface area contributed by atoms with Gasteiger partial charge in [-0.15, -0.1) is 0 Å². The lowest BCUT2D eigenvalue weighted by atomic mass is 10.3. The van der Waals surface area contributed by atoms with E-state index in [1.54, 1.807) is 24.3 Å². The summed E-state index contributed by atoms with van der Waals surface area (Å²) in [5, 5.41) is 7.00. The van der Waals surface area contributed by atoms with Gasteiger partial charge in [-0.3, -0.25) is 0 Å². The van der Waals surface area contributed by atoms with E-state index in [9.17, 15) is 0 Å². The predicted molar refractivity (Wildman–Crippen MR) is 43.4 cm³/mol. The molecule has 10 heavy (non-hydrogen) atoms. The van der Waals surface area contributed by atoms with Gasteiger partial charge in [0.1, 0.15) is 0 Å². The fourth-order valence-electron chi connectivity index (χ4n) is 0.496. The molecule has 0 aliphatic carbocycles. The van der Waals surface area contributed by atoms with Crippen LogP contribution in [0.5, 0.6) is 0 Å². The Labute approximate surface area is 60.3 Å². The highest BCUT2D eigenvalue weighted by Gasteiger charge is 1.80. The van der Waals surface area contributed by atoms with Gasteiger partial charge in [0.15, 0.2) is 0 Å². The van der Waals surface area contributed by atoms with Crippen LogP contribution in [0.25, 0.3) is 0 Å². The smallest absolute Gasteiger partial charge is 0.0319 e. The van der Waals surface area contributed by atoms with Gasteiger partial charge in [0.2, 0.25) is 0 Å². The Morgan fingerprint density at radius 1 is 0.900 bits per heavy atom. The first-order valence-corrected chi connectivity index (χ1v) is 2.85. The van der Waals surface area contributed by atoms with Gasteiger partial charge in [0, 0.05) is 18.5 Å². The molecule has 0 spiro atoms. The fraction of sp³-hybridized carbons (Fsp3) is 0.143. The average molecular weight is 140 g/mol. The van der Waals surface area contributed by atoms with Crippen LogP contribution < -0.4 is 11.5 Å². The molecule has 0 amide bonds. The molecule has 1 aromatic rings. The molecule has 0 aliphatic heterocycles. The van der Waals surface area contributed by atoms with Crippen molar-refractivity contribution >= 4 is 11.4 Å². The maximum atomic E-state index is 7.00. The summed E-state index contributed by atoms with van der Waals surface area (Å²) in [6.45, 7) is 0. The summed E-state index contributed by atoms with van der Waals surface area (Å²) >= 11 is 0. The Hall–Kier alpha value is -1.22. The Morgan fingerprint density at radius 2 is 1.10 bits per heavy atom. The highest BCUT2D eigenvalue weighted by molar-refractivity contribution is 5.47. The Kier molecular flexibility index (Phi) is 4.07. The molecule has 0 bridgehead atoms. The van der Waals surface area contributed by atoms with Crippen LogP contribution in [0.15, 0.2) is 24.3 Å². The first kappa shape index (κ1) is 8.78. The molecule has 1 aromatic carbocycles. The van der Waals surface area contributed by atoms with Gasteiger partial charge in [-0.1, -0.05) is 0 Å². The largest absolute Gasteiger partial charge is 0.400 e. The van der Waals surface area contributed by atoms with Gasteiger partial charge in [0.25, 0.3) is 0 Å². The molecular formula is C7H12N2O. The summed E-state index contributed by atoms with van der Waals surface area (Å²) in [6, 6.07) is 7.09. The molecule has 0 aliphatic rings. The quantitative estimate of drug-likeness (QED) is 0.458. The molecule has 5 N–H and O–H groups in total. The molecule has 0 heterocycles. The lowest BCUT2D eigenvalue weighted by molar-refractivity contribution is 0.399. The topological polar surface area (TPSA) is 72.3 Å². The maximum Gasteiger partial charge on any atom is 0.0319 e. The number of benzene rings is 1. The van der Waals surface area contributed by atoms with Crippen LogP contribution in [0.4, 0.5) is 11.4 Å². The van der Waals surface area contributed by atoms with Crippen molar-refractivity contribution in [2.75, 3.05) is 18.6 Å². The van der Waals surface area contributed by atoms with Gasteiger partial charge < -0.3 is 16.6 Å². The number of rotatable bonds is 0. The van der Waals surface area contributed by atoms with Crippen molar-refractivity contribution in [1.82, 2.24) is 0 Å². The molecule has 0 fully saturated rings. The Balaban J connectivity index is 0.000000371. The highest BCUT2D eigenvalue weighted by Crippen LogP contribution is 2.04. The summed E-state index contributed by atoms with van der Waals surface area (Å²) in [5.41, 5.74) is 12.2. The summed E-state index contributed by atoms with van der Waals surface area (Å²) in [5.74, 6) is 0. The average Bonchev–Trinajstić information content (AvgIpc) is 2.00.